The van der Waals surface area contributed by atoms with Gasteiger partial charge >= 0.3 is 6.03 Å². The Balaban J connectivity index is 1.49. The van der Waals surface area contributed by atoms with Crippen LogP contribution in [-0.4, -0.2) is 46.8 Å². The Morgan fingerprint density at radius 1 is 1.15 bits per heavy atom. The summed E-state index contributed by atoms with van der Waals surface area (Å²) in [5, 5.41) is 2.95. The van der Waals surface area contributed by atoms with E-state index >= 15 is 0 Å². The number of nitrogens with zero attached hydrogens (tertiary/aromatic N) is 4. The molecule has 1 unspecified atom stereocenters. The normalized spacial score (nSPS) is 19.3. The van der Waals surface area contributed by atoms with E-state index in [0.717, 1.165) is 11.3 Å². The maximum absolute atomic E-state index is 14.7. The number of rotatable bonds is 4. The van der Waals surface area contributed by atoms with Gasteiger partial charge in [-0.25, -0.2) is 23.5 Å². The molecule has 2 aliphatic rings. The highest BCUT2D eigenvalue weighted by atomic mass is 19.1. The third kappa shape index (κ3) is 4.13. The van der Waals surface area contributed by atoms with Crippen molar-refractivity contribution >= 4 is 17.5 Å². The number of hydrogen-bond acceptors (Lipinski definition) is 5. The van der Waals surface area contributed by atoms with Crippen molar-refractivity contribution in [3.8, 4) is 17.0 Å². The number of pyridine rings is 2. The lowest BCUT2D eigenvalue weighted by Gasteiger charge is -2.25. The van der Waals surface area contributed by atoms with Gasteiger partial charge in [-0.05, 0) is 30.7 Å². The SMILES string of the molecule is COc1ccc2c(n1)CN(C(=O)Nc1c(-c3ccccc3F)ccnc1N1CCC(C)(F)C1)C2. The van der Waals surface area contributed by atoms with Gasteiger partial charge in [0.15, 0.2) is 5.82 Å². The van der Waals surface area contributed by atoms with Gasteiger partial charge in [0.2, 0.25) is 5.88 Å². The van der Waals surface area contributed by atoms with E-state index in [2.05, 4.69) is 15.3 Å². The van der Waals surface area contributed by atoms with E-state index in [1.807, 2.05) is 6.07 Å². The Hall–Kier alpha value is -3.75. The van der Waals surface area contributed by atoms with E-state index in [1.54, 1.807) is 60.4 Å². The summed E-state index contributed by atoms with van der Waals surface area (Å²) in [5.41, 5.74) is 1.52. The number of hydrogen-bond donors (Lipinski definition) is 1. The zero-order valence-electron chi connectivity index (χ0n) is 19.0. The van der Waals surface area contributed by atoms with Crippen LogP contribution in [0.2, 0.25) is 0 Å². The van der Waals surface area contributed by atoms with Crippen molar-refractivity contribution < 1.29 is 18.3 Å². The molecule has 1 fully saturated rings. The number of carbonyl (C=O) groups excluding carboxylic acids is 1. The van der Waals surface area contributed by atoms with Crippen molar-refractivity contribution in [1.82, 2.24) is 14.9 Å². The quantitative estimate of drug-likeness (QED) is 0.601. The lowest BCUT2D eigenvalue weighted by molar-refractivity contribution is 0.212. The van der Waals surface area contributed by atoms with Crippen LogP contribution >= 0.6 is 0 Å². The molecule has 7 nitrogen and oxygen atoms in total. The van der Waals surface area contributed by atoms with Gasteiger partial charge in [0.1, 0.15) is 11.5 Å². The minimum atomic E-state index is -1.36. The molecule has 0 radical (unpaired) electrons. The summed E-state index contributed by atoms with van der Waals surface area (Å²) >= 11 is 0. The Kier molecular flexibility index (Phi) is 5.55. The van der Waals surface area contributed by atoms with Gasteiger partial charge in [-0.15, -0.1) is 0 Å². The van der Waals surface area contributed by atoms with Crippen LogP contribution in [0.25, 0.3) is 11.1 Å². The van der Waals surface area contributed by atoms with Crippen LogP contribution in [0, 0.1) is 5.82 Å². The van der Waals surface area contributed by atoms with Gasteiger partial charge in [-0.1, -0.05) is 18.2 Å². The first-order valence-electron chi connectivity index (χ1n) is 11.1. The zero-order chi connectivity index (χ0) is 23.9. The van der Waals surface area contributed by atoms with E-state index < -0.39 is 11.5 Å². The maximum Gasteiger partial charge on any atom is 0.322 e. The Morgan fingerprint density at radius 2 is 1.97 bits per heavy atom. The van der Waals surface area contributed by atoms with Crippen LogP contribution in [0.3, 0.4) is 0 Å². The fourth-order valence-electron chi connectivity index (χ4n) is 4.50. The predicted octanol–water partition coefficient (Wildman–Crippen LogP) is 4.78. The molecule has 2 amide bonds. The van der Waals surface area contributed by atoms with Gasteiger partial charge in [0, 0.05) is 42.9 Å². The summed E-state index contributed by atoms with van der Waals surface area (Å²) in [6.45, 7) is 2.84. The van der Waals surface area contributed by atoms with E-state index in [0.29, 0.717) is 54.6 Å². The molecule has 176 valence electrons. The molecular formula is C25H25F2N5O2. The summed E-state index contributed by atoms with van der Waals surface area (Å²) in [6, 6.07) is 11.3. The van der Waals surface area contributed by atoms with Crippen LogP contribution in [-0.2, 0) is 13.1 Å². The fourth-order valence-corrected chi connectivity index (χ4v) is 4.50. The largest absolute Gasteiger partial charge is 0.481 e. The zero-order valence-corrected chi connectivity index (χ0v) is 19.0. The number of alkyl halides is 1. The Bertz CT molecular complexity index is 1250. The second kappa shape index (κ2) is 8.55. The second-order valence-electron chi connectivity index (χ2n) is 8.87. The van der Waals surface area contributed by atoms with Crippen LogP contribution in [0.15, 0.2) is 48.7 Å². The number of nitrogens with one attached hydrogen (secondary N) is 1. The van der Waals surface area contributed by atoms with Crippen molar-refractivity contribution in [2.45, 2.75) is 32.1 Å². The lowest BCUT2D eigenvalue weighted by Crippen LogP contribution is -2.32. The van der Waals surface area contributed by atoms with Crippen molar-refractivity contribution in [3.63, 3.8) is 0 Å². The fraction of sp³-hybridized carbons (Fsp3) is 0.320. The molecule has 5 rings (SSSR count). The summed E-state index contributed by atoms with van der Waals surface area (Å²) < 4.78 is 34.6. The highest BCUT2D eigenvalue weighted by Gasteiger charge is 2.36. The molecule has 1 aromatic carbocycles. The molecule has 34 heavy (non-hydrogen) atoms. The summed E-state index contributed by atoms with van der Waals surface area (Å²) in [4.78, 5) is 25.6. The monoisotopic (exact) mass is 465 g/mol. The number of amides is 2. The van der Waals surface area contributed by atoms with Crippen molar-refractivity contribution in [2.75, 3.05) is 30.4 Å². The topological polar surface area (TPSA) is 70.6 Å². The van der Waals surface area contributed by atoms with E-state index in [1.165, 1.54) is 6.07 Å². The number of aromatic nitrogens is 2. The van der Waals surface area contributed by atoms with Crippen LogP contribution in [0.1, 0.15) is 24.6 Å². The molecule has 3 aromatic rings. The number of urea groups is 1. The minimum absolute atomic E-state index is 0.141. The maximum atomic E-state index is 14.7. The molecule has 1 atom stereocenters. The molecular weight excluding hydrogens is 440 g/mol. The van der Waals surface area contributed by atoms with Crippen molar-refractivity contribution in [1.29, 1.82) is 0 Å². The highest BCUT2D eigenvalue weighted by molar-refractivity contribution is 5.99. The van der Waals surface area contributed by atoms with E-state index in [9.17, 15) is 13.6 Å². The number of benzene rings is 1. The third-order valence-electron chi connectivity index (χ3n) is 6.29. The standard InChI is InChI=1S/C25H25F2N5O2/c1-25(27)10-12-31(15-25)23-22(18(9-11-28-23)17-5-3-4-6-19(17)26)30-24(33)32-13-16-7-8-21(34-2)29-20(16)14-32/h3-9,11H,10,12-15H2,1-2H3,(H,30,33). The second-order valence-corrected chi connectivity index (χ2v) is 8.87. The van der Waals surface area contributed by atoms with Crippen LogP contribution in [0.5, 0.6) is 5.88 Å². The summed E-state index contributed by atoms with van der Waals surface area (Å²) in [6.07, 6.45) is 1.91. The van der Waals surface area contributed by atoms with E-state index in [-0.39, 0.29) is 12.6 Å². The molecule has 0 spiro atoms. The summed E-state index contributed by atoms with van der Waals surface area (Å²) in [5.74, 6) is 0.490. The number of carbonyl (C=O) groups is 1. The molecule has 0 aliphatic carbocycles. The summed E-state index contributed by atoms with van der Waals surface area (Å²) in [7, 11) is 1.54. The highest BCUT2D eigenvalue weighted by Crippen LogP contribution is 2.39. The smallest absolute Gasteiger partial charge is 0.322 e. The van der Waals surface area contributed by atoms with Gasteiger partial charge in [-0.3, -0.25) is 0 Å². The molecule has 9 heteroatoms. The van der Waals surface area contributed by atoms with Crippen LogP contribution in [0.4, 0.5) is 25.1 Å². The van der Waals surface area contributed by atoms with Crippen molar-refractivity contribution in [2.24, 2.45) is 0 Å². The Labute approximate surface area is 196 Å². The molecule has 2 aliphatic heterocycles. The first kappa shape index (κ1) is 22.1. The molecule has 0 bridgehead atoms. The molecule has 1 saturated heterocycles. The van der Waals surface area contributed by atoms with E-state index in [4.69, 9.17) is 4.74 Å². The average molecular weight is 466 g/mol. The predicted molar refractivity (Wildman–Crippen MR) is 125 cm³/mol. The first-order valence-corrected chi connectivity index (χ1v) is 11.1. The molecule has 2 aromatic heterocycles. The van der Waals surface area contributed by atoms with Gasteiger partial charge in [0.05, 0.1) is 31.6 Å². The molecule has 1 N–H and O–H groups in total. The molecule has 0 saturated carbocycles. The number of halogens is 2. The van der Waals surface area contributed by atoms with Gasteiger partial charge in [-0.2, -0.15) is 0 Å². The number of anilines is 2. The number of methoxy groups -OCH3 is 1. The lowest BCUT2D eigenvalue weighted by atomic mass is 10.0. The minimum Gasteiger partial charge on any atom is -0.481 e. The number of fused-ring (bicyclic) bond motifs is 1. The van der Waals surface area contributed by atoms with Crippen LogP contribution < -0.4 is 15.0 Å². The Morgan fingerprint density at radius 3 is 2.71 bits per heavy atom. The average Bonchev–Trinajstić information content (AvgIpc) is 3.42. The third-order valence-corrected chi connectivity index (χ3v) is 6.29. The van der Waals surface area contributed by atoms with Gasteiger partial charge < -0.3 is 19.9 Å². The first-order chi connectivity index (χ1) is 16.3. The number of ether oxygens (including phenoxy) is 1. The van der Waals surface area contributed by atoms with Gasteiger partial charge in [0.25, 0.3) is 0 Å². The van der Waals surface area contributed by atoms with Crippen molar-refractivity contribution in [3.05, 3.63) is 65.7 Å². The molecule has 4 heterocycles.